The predicted molar refractivity (Wildman–Crippen MR) is 211 cm³/mol. The quantitative estimate of drug-likeness (QED) is 0.112. The van der Waals surface area contributed by atoms with Crippen molar-refractivity contribution < 1.29 is 23.2 Å². The highest BCUT2D eigenvalue weighted by molar-refractivity contribution is 7.10. The second-order valence-corrected chi connectivity index (χ2v) is 15.2. The molecule has 6 heterocycles. The Hall–Kier alpha value is -5.73. The van der Waals surface area contributed by atoms with E-state index in [-0.39, 0.29) is 46.9 Å². The zero-order valence-electron chi connectivity index (χ0n) is 30.7. The van der Waals surface area contributed by atoms with Crippen LogP contribution in [0.15, 0.2) is 42.7 Å². The van der Waals surface area contributed by atoms with E-state index in [0.717, 1.165) is 67.3 Å². The fourth-order valence-corrected chi connectivity index (χ4v) is 7.74. The lowest BCUT2D eigenvalue weighted by molar-refractivity contribution is 0.0949. The van der Waals surface area contributed by atoms with Gasteiger partial charge in [0, 0.05) is 44.7 Å². The SMILES string of the molecule is Cc1cc(Nc2nc(N3CCC[C@@H](CC(=O)c4ccc(F)cc4F)C3)cnc2C(N)=O)sn1.Cc1cc(Nc2nc(N3CCC[C@@H](N)C3)cnc2C(N)=O)sn1. The highest BCUT2D eigenvalue weighted by Gasteiger charge is 2.27. The lowest BCUT2D eigenvalue weighted by Crippen LogP contribution is -2.43. The first-order valence-corrected chi connectivity index (χ1v) is 19.4. The van der Waals surface area contributed by atoms with Gasteiger partial charge in [-0.05, 0) is 92.8 Å². The summed E-state index contributed by atoms with van der Waals surface area (Å²) < 4.78 is 35.5. The number of amides is 2. The number of hydrogen-bond donors (Lipinski definition) is 5. The van der Waals surface area contributed by atoms with E-state index in [9.17, 15) is 23.2 Å². The summed E-state index contributed by atoms with van der Waals surface area (Å²) in [4.78, 5) is 57.5. The smallest absolute Gasteiger partial charge is 0.271 e. The number of piperidine rings is 2. The second-order valence-electron chi connectivity index (χ2n) is 13.5. The number of hydrogen-bond acceptors (Lipinski definition) is 16. The van der Waals surface area contributed by atoms with E-state index in [0.29, 0.717) is 35.5 Å². The predicted octanol–water partition coefficient (Wildman–Crippen LogP) is 4.86. The Morgan fingerprint density at radius 2 is 1.34 bits per heavy atom. The number of nitrogens with one attached hydrogen (secondary N) is 2. The Labute approximate surface area is 329 Å². The van der Waals surface area contributed by atoms with Crippen LogP contribution in [-0.4, -0.2) is 78.5 Å². The van der Waals surface area contributed by atoms with Gasteiger partial charge in [0.15, 0.2) is 28.8 Å². The van der Waals surface area contributed by atoms with Gasteiger partial charge in [-0.2, -0.15) is 8.75 Å². The average Bonchev–Trinajstić information content (AvgIpc) is 3.77. The Kier molecular flexibility index (Phi) is 12.7. The number of nitrogens with two attached hydrogens (primary N) is 3. The van der Waals surface area contributed by atoms with Crippen molar-refractivity contribution in [1.29, 1.82) is 0 Å². The molecule has 7 rings (SSSR count). The maximum atomic E-state index is 14.0. The number of nitrogens with zero attached hydrogens (tertiary/aromatic N) is 8. The summed E-state index contributed by atoms with van der Waals surface area (Å²) >= 11 is 2.52. The number of halogens is 2. The number of carbonyl (C=O) groups excluding carboxylic acids is 3. The summed E-state index contributed by atoms with van der Waals surface area (Å²) in [5.41, 5.74) is 18.6. The van der Waals surface area contributed by atoms with Crippen LogP contribution >= 0.6 is 23.1 Å². The fourth-order valence-electron chi connectivity index (χ4n) is 6.42. The van der Waals surface area contributed by atoms with Crippen LogP contribution in [0, 0.1) is 31.4 Å². The van der Waals surface area contributed by atoms with Crippen molar-refractivity contribution in [3.63, 3.8) is 0 Å². The molecule has 16 nitrogen and oxygen atoms in total. The van der Waals surface area contributed by atoms with E-state index < -0.39 is 23.4 Å². The molecule has 2 aliphatic heterocycles. The molecule has 20 heteroatoms. The molecule has 0 unspecified atom stereocenters. The molecular weight excluding hydrogens is 765 g/mol. The van der Waals surface area contributed by atoms with Crippen molar-refractivity contribution in [1.82, 2.24) is 28.7 Å². The first kappa shape index (κ1) is 39.9. The van der Waals surface area contributed by atoms with Crippen LogP contribution in [0.3, 0.4) is 0 Å². The standard InChI is InChI=1S/C22H22F2N6O2S.C14H19N7OS/c1-12-7-19(33-29-12)28-22-20(21(25)32)26-10-18(27-22)30-6-2-3-13(11-30)8-17(31)15-5-4-14(23)9-16(15)24;1-8-5-11(23-20-8)19-14-12(13(16)22)17-6-10(18-14)21-4-2-3-9(15)7-21/h4-5,7,9-10,13H,2-3,6,8,11H2,1H3,(H2,25,32)(H,27,28);5-6,9H,2-4,7,15H2,1H3,(H2,16,22)(H,18,19)/t13-;9-/m01/s1. The van der Waals surface area contributed by atoms with Gasteiger partial charge in [-0.3, -0.25) is 14.4 Å². The molecule has 56 heavy (non-hydrogen) atoms. The molecule has 5 aromatic rings. The Morgan fingerprint density at radius 3 is 1.82 bits per heavy atom. The fraction of sp³-hybridized carbons (Fsp3) is 0.361. The van der Waals surface area contributed by atoms with Crippen molar-refractivity contribution in [2.45, 2.75) is 52.0 Å². The molecule has 4 aromatic heterocycles. The maximum Gasteiger partial charge on any atom is 0.271 e. The van der Waals surface area contributed by atoms with Gasteiger partial charge in [-0.1, -0.05) is 0 Å². The number of primary amides is 2. The van der Waals surface area contributed by atoms with Gasteiger partial charge in [-0.15, -0.1) is 0 Å². The van der Waals surface area contributed by atoms with Crippen molar-refractivity contribution in [3.05, 3.63) is 82.7 Å². The van der Waals surface area contributed by atoms with Gasteiger partial charge in [-0.25, -0.2) is 28.7 Å². The van der Waals surface area contributed by atoms with Crippen LogP contribution in [0.1, 0.15) is 74.8 Å². The molecule has 294 valence electrons. The minimum Gasteiger partial charge on any atom is -0.364 e. The molecule has 0 bridgehead atoms. The van der Waals surface area contributed by atoms with E-state index in [4.69, 9.17) is 17.2 Å². The minimum absolute atomic E-state index is 0.0142. The number of anilines is 6. The van der Waals surface area contributed by atoms with Crippen molar-refractivity contribution in [2.24, 2.45) is 23.1 Å². The third-order valence-corrected chi connectivity index (χ3v) is 10.6. The Balaban J connectivity index is 0.000000202. The van der Waals surface area contributed by atoms with Crippen LogP contribution in [0.5, 0.6) is 0 Å². The molecule has 2 atom stereocenters. The topological polar surface area (TPSA) is 237 Å². The number of Topliss-reactive ketones (excluding diaryl/α,β-unsaturated/α-hetero) is 1. The average molecular weight is 806 g/mol. The number of ketones is 1. The van der Waals surface area contributed by atoms with E-state index >= 15 is 0 Å². The number of aryl methyl sites for hydroxylation is 2. The van der Waals surface area contributed by atoms with Crippen LogP contribution in [0.4, 0.5) is 42.1 Å². The highest BCUT2D eigenvalue weighted by atomic mass is 32.1. The van der Waals surface area contributed by atoms with E-state index in [1.165, 1.54) is 35.3 Å². The van der Waals surface area contributed by atoms with Gasteiger partial charge in [0.1, 0.15) is 33.3 Å². The molecule has 0 spiro atoms. The summed E-state index contributed by atoms with van der Waals surface area (Å²) in [6.45, 7) is 6.55. The molecule has 2 amide bonds. The first-order valence-electron chi connectivity index (χ1n) is 17.8. The summed E-state index contributed by atoms with van der Waals surface area (Å²) in [6, 6.07) is 6.80. The van der Waals surface area contributed by atoms with Crippen LogP contribution in [0.2, 0.25) is 0 Å². The molecular formula is C36H41F2N13O3S2. The third-order valence-electron chi connectivity index (χ3n) is 9.06. The molecule has 2 aliphatic rings. The van der Waals surface area contributed by atoms with Crippen LogP contribution in [-0.2, 0) is 0 Å². The maximum absolute atomic E-state index is 14.0. The minimum atomic E-state index is -0.852. The number of aromatic nitrogens is 6. The lowest BCUT2D eigenvalue weighted by Gasteiger charge is -2.33. The summed E-state index contributed by atoms with van der Waals surface area (Å²) in [6.07, 6.45) is 6.81. The molecule has 0 saturated carbocycles. The lowest BCUT2D eigenvalue weighted by atomic mass is 9.91. The largest absolute Gasteiger partial charge is 0.364 e. The van der Waals surface area contributed by atoms with E-state index in [1.54, 1.807) is 6.20 Å². The number of carbonyl (C=O) groups is 3. The zero-order chi connectivity index (χ0) is 39.9. The number of rotatable bonds is 11. The Morgan fingerprint density at radius 1 is 0.804 bits per heavy atom. The molecule has 0 radical (unpaired) electrons. The molecule has 1 aromatic carbocycles. The first-order chi connectivity index (χ1) is 26.8. The third kappa shape index (κ3) is 10.1. The van der Waals surface area contributed by atoms with E-state index in [2.05, 4.69) is 44.2 Å². The molecule has 0 aliphatic carbocycles. The zero-order valence-corrected chi connectivity index (χ0v) is 32.3. The van der Waals surface area contributed by atoms with Gasteiger partial charge in [0.25, 0.3) is 11.8 Å². The summed E-state index contributed by atoms with van der Waals surface area (Å²) in [7, 11) is 0. The van der Waals surface area contributed by atoms with Crippen molar-refractivity contribution >= 4 is 73.9 Å². The van der Waals surface area contributed by atoms with Crippen LogP contribution < -0.4 is 37.6 Å². The molecule has 8 N–H and O–H groups in total. The van der Waals surface area contributed by atoms with Gasteiger partial charge in [0.05, 0.1) is 29.3 Å². The monoisotopic (exact) mass is 805 g/mol. The van der Waals surface area contributed by atoms with Crippen molar-refractivity contribution in [2.75, 3.05) is 46.6 Å². The number of benzene rings is 1. The van der Waals surface area contributed by atoms with Gasteiger partial charge >= 0.3 is 0 Å². The van der Waals surface area contributed by atoms with Crippen molar-refractivity contribution in [3.8, 4) is 0 Å². The molecule has 2 fully saturated rings. The highest BCUT2D eigenvalue weighted by Crippen LogP contribution is 2.29. The normalized spacial score (nSPS) is 16.8. The second kappa shape index (κ2) is 17.8. The summed E-state index contributed by atoms with van der Waals surface area (Å²) in [5, 5.41) is 7.63. The summed E-state index contributed by atoms with van der Waals surface area (Å²) in [5.74, 6) is -1.50. The molecule has 2 saturated heterocycles. The van der Waals surface area contributed by atoms with E-state index in [1.807, 2.05) is 30.9 Å². The van der Waals surface area contributed by atoms with Gasteiger partial charge in [0.2, 0.25) is 0 Å². The van der Waals surface area contributed by atoms with Gasteiger partial charge < -0.3 is 37.6 Å². The Bertz CT molecular complexity index is 2220. The van der Waals surface area contributed by atoms with Crippen LogP contribution in [0.25, 0.3) is 0 Å².